The second-order valence-electron chi connectivity index (χ2n) is 4.80. The Hall–Kier alpha value is -2.47. The molecule has 6 nitrogen and oxygen atoms in total. The first kappa shape index (κ1) is 13.5. The molecule has 1 aromatic carbocycles. The van der Waals surface area contributed by atoms with E-state index in [0.717, 1.165) is 25.2 Å². The number of nitrogens with one attached hydrogen (secondary N) is 1. The second-order valence-corrected chi connectivity index (χ2v) is 4.80. The van der Waals surface area contributed by atoms with Crippen LogP contribution in [0.2, 0.25) is 0 Å². The lowest BCUT2D eigenvalue weighted by Gasteiger charge is -2.06. The topological polar surface area (TPSA) is 68.8 Å². The molecule has 2 aromatic heterocycles. The molecule has 21 heavy (non-hydrogen) atoms. The Bertz CT molecular complexity index is 672. The van der Waals surface area contributed by atoms with Gasteiger partial charge in [-0.15, -0.1) is 0 Å². The van der Waals surface area contributed by atoms with E-state index in [1.54, 1.807) is 12.5 Å². The molecule has 0 unspecified atom stereocenters. The molecule has 0 bridgehead atoms. The third kappa shape index (κ3) is 3.55. The monoisotopic (exact) mass is 283 g/mol. The van der Waals surface area contributed by atoms with Gasteiger partial charge in [0, 0.05) is 37.6 Å². The fourth-order valence-electron chi connectivity index (χ4n) is 2.07. The first-order valence-electron chi connectivity index (χ1n) is 6.88. The number of hydrogen-bond donors (Lipinski definition) is 1. The van der Waals surface area contributed by atoms with Gasteiger partial charge >= 0.3 is 0 Å². The molecule has 0 radical (unpaired) electrons. The predicted molar refractivity (Wildman–Crippen MR) is 78.0 cm³/mol. The van der Waals surface area contributed by atoms with Crippen LogP contribution < -0.4 is 5.32 Å². The van der Waals surface area contributed by atoms with Crippen molar-refractivity contribution < 1.29 is 4.52 Å². The highest BCUT2D eigenvalue weighted by atomic mass is 16.5. The maximum atomic E-state index is 5.06. The number of benzene rings is 1. The summed E-state index contributed by atoms with van der Waals surface area (Å²) in [7, 11) is 0. The van der Waals surface area contributed by atoms with E-state index in [-0.39, 0.29) is 0 Å². The van der Waals surface area contributed by atoms with Crippen LogP contribution in [0.3, 0.4) is 0 Å². The quantitative estimate of drug-likeness (QED) is 0.700. The first-order chi connectivity index (χ1) is 10.3. The Kier molecular flexibility index (Phi) is 4.07. The van der Waals surface area contributed by atoms with E-state index in [2.05, 4.69) is 44.7 Å². The van der Waals surface area contributed by atoms with Crippen LogP contribution in [0.15, 0.2) is 47.5 Å². The molecule has 0 amide bonds. The SMILES string of the molecule is Cc1noc(CCNCc2ccc(-n3ccnc3)cc2)n1. The van der Waals surface area contributed by atoms with E-state index in [4.69, 9.17) is 4.52 Å². The molecule has 6 heteroatoms. The van der Waals surface area contributed by atoms with Crippen LogP contribution >= 0.6 is 0 Å². The molecule has 2 heterocycles. The van der Waals surface area contributed by atoms with E-state index in [9.17, 15) is 0 Å². The molecule has 1 N–H and O–H groups in total. The molecule has 0 saturated carbocycles. The van der Waals surface area contributed by atoms with E-state index >= 15 is 0 Å². The summed E-state index contributed by atoms with van der Waals surface area (Å²) in [6, 6.07) is 8.39. The van der Waals surface area contributed by atoms with E-state index in [1.165, 1.54) is 5.56 Å². The first-order valence-corrected chi connectivity index (χ1v) is 6.88. The van der Waals surface area contributed by atoms with Gasteiger partial charge in [-0.25, -0.2) is 4.98 Å². The number of aromatic nitrogens is 4. The van der Waals surface area contributed by atoms with Crippen molar-refractivity contribution in [3.63, 3.8) is 0 Å². The Balaban J connectivity index is 1.47. The molecule has 0 spiro atoms. The maximum Gasteiger partial charge on any atom is 0.227 e. The van der Waals surface area contributed by atoms with Crippen LogP contribution in [-0.4, -0.2) is 26.2 Å². The molecule has 0 aliphatic carbocycles. The fraction of sp³-hybridized carbons (Fsp3) is 0.267. The average Bonchev–Trinajstić information content (AvgIpc) is 3.16. The van der Waals surface area contributed by atoms with Crippen LogP contribution in [0.4, 0.5) is 0 Å². The number of aryl methyl sites for hydroxylation is 1. The zero-order valence-electron chi connectivity index (χ0n) is 11.9. The van der Waals surface area contributed by atoms with Crippen LogP contribution in [0.5, 0.6) is 0 Å². The minimum absolute atomic E-state index is 0.676. The van der Waals surface area contributed by atoms with Crippen molar-refractivity contribution >= 4 is 0 Å². The summed E-state index contributed by atoms with van der Waals surface area (Å²) in [5.74, 6) is 1.36. The van der Waals surface area contributed by atoms with Crippen LogP contribution in [0.1, 0.15) is 17.3 Å². The Morgan fingerprint density at radius 3 is 2.76 bits per heavy atom. The van der Waals surface area contributed by atoms with Gasteiger partial charge in [-0.1, -0.05) is 17.3 Å². The number of hydrogen-bond acceptors (Lipinski definition) is 5. The fourth-order valence-corrected chi connectivity index (χ4v) is 2.07. The zero-order chi connectivity index (χ0) is 14.5. The molecule has 0 aliphatic heterocycles. The highest BCUT2D eigenvalue weighted by Gasteiger charge is 2.02. The van der Waals surface area contributed by atoms with E-state index in [0.29, 0.717) is 11.7 Å². The van der Waals surface area contributed by atoms with Crippen molar-refractivity contribution in [1.82, 2.24) is 25.0 Å². The van der Waals surface area contributed by atoms with Crippen molar-refractivity contribution in [3.8, 4) is 5.69 Å². The summed E-state index contributed by atoms with van der Waals surface area (Å²) >= 11 is 0. The molecular formula is C15H17N5O. The Morgan fingerprint density at radius 2 is 2.10 bits per heavy atom. The van der Waals surface area contributed by atoms with E-state index in [1.807, 2.05) is 17.7 Å². The minimum Gasteiger partial charge on any atom is -0.339 e. The summed E-state index contributed by atoms with van der Waals surface area (Å²) in [5.41, 5.74) is 2.35. The molecule has 108 valence electrons. The van der Waals surface area contributed by atoms with Gasteiger partial charge in [-0.05, 0) is 24.6 Å². The van der Waals surface area contributed by atoms with Gasteiger partial charge < -0.3 is 14.4 Å². The third-order valence-electron chi connectivity index (χ3n) is 3.15. The normalized spacial score (nSPS) is 10.9. The number of nitrogens with zero attached hydrogens (tertiary/aromatic N) is 4. The summed E-state index contributed by atoms with van der Waals surface area (Å²) in [6.07, 6.45) is 6.24. The Labute approximate surface area is 122 Å². The average molecular weight is 283 g/mol. The van der Waals surface area contributed by atoms with Crippen molar-refractivity contribution in [2.24, 2.45) is 0 Å². The van der Waals surface area contributed by atoms with Crippen molar-refractivity contribution in [2.45, 2.75) is 19.9 Å². The van der Waals surface area contributed by atoms with Gasteiger partial charge in [0.05, 0.1) is 6.33 Å². The summed E-state index contributed by atoms with van der Waals surface area (Å²) < 4.78 is 7.05. The summed E-state index contributed by atoms with van der Waals surface area (Å²) in [5, 5.41) is 7.13. The molecule has 0 saturated heterocycles. The van der Waals surface area contributed by atoms with Gasteiger partial charge in [0.2, 0.25) is 5.89 Å². The Morgan fingerprint density at radius 1 is 1.24 bits per heavy atom. The minimum atomic E-state index is 0.676. The lowest BCUT2D eigenvalue weighted by atomic mass is 10.2. The molecule has 3 aromatic rings. The van der Waals surface area contributed by atoms with Gasteiger partial charge in [0.25, 0.3) is 0 Å². The lowest BCUT2D eigenvalue weighted by molar-refractivity contribution is 0.372. The highest BCUT2D eigenvalue weighted by molar-refractivity contribution is 5.34. The number of rotatable bonds is 6. The lowest BCUT2D eigenvalue weighted by Crippen LogP contribution is -2.16. The van der Waals surface area contributed by atoms with Crippen molar-refractivity contribution in [3.05, 3.63) is 60.3 Å². The number of imidazole rings is 1. The van der Waals surface area contributed by atoms with Gasteiger partial charge in [-0.2, -0.15) is 4.98 Å². The highest BCUT2D eigenvalue weighted by Crippen LogP contribution is 2.09. The second kappa shape index (κ2) is 6.32. The van der Waals surface area contributed by atoms with Gasteiger partial charge in [0.1, 0.15) is 0 Å². The standard InChI is InChI=1S/C15H17N5O/c1-12-18-15(21-19-12)6-7-16-10-13-2-4-14(5-3-13)20-9-8-17-11-20/h2-5,8-9,11,16H,6-7,10H2,1H3. The smallest absolute Gasteiger partial charge is 0.227 e. The van der Waals surface area contributed by atoms with Crippen LogP contribution in [0.25, 0.3) is 5.69 Å². The predicted octanol–water partition coefficient (Wildman–Crippen LogP) is 1.90. The van der Waals surface area contributed by atoms with Gasteiger partial charge in [-0.3, -0.25) is 0 Å². The summed E-state index contributed by atoms with van der Waals surface area (Å²) in [6.45, 7) is 3.45. The van der Waals surface area contributed by atoms with E-state index < -0.39 is 0 Å². The van der Waals surface area contributed by atoms with Crippen LogP contribution in [-0.2, 0) is 13.0 Å². The molecule has 0 aliphatic rings. The molecule has 0 atom stereocenters. The van der Waals surface area contributed by atoms with Gasteiger partial charge in [0.15, 0.2) is 5.82 Å². The maximum absolute atomic E-state index is 5.06. The van der Waals surface area contributed by atoms with Crippen molar-refractivity contribution in [1.29, 1.82) is 0 Å². The zero-order valence-corrected chi connectivity index (χ0v) is 11.9. The molecule has 0 fully saturated rings. The summed E-state index contributed by atoms with van der Waals surface area (Å²) in [4.78, 5) is 8.21. The largest absolute Gasteiger partial charge is 0.339 e. The molecular weight excluding hydrogens is 266 g/mol. The van der Waals surface area contributed by atoms with Crippen molar-refractivity contribution in [2.75, 3.05) is 6.54 Å². The van der Waals surface area contributed by atoms with Crippen LogP contribution in [0, 0.1) is 6.92 Å². The third-order valence-corrected chi connectivity index (χ3v) is 3.15. The molecule has 3 rings (SSSR count).